The van der Waals surface area contributed by atoms with Gasteiger partial charge in [0.1, 0.15) is 9.96 Å². The van der Waals surface area contributed by atoms with Crippen LogP contribution < -0.4 is 19.7 Å². The topological polar surface area (TPSA) is 70.7 Å². The predicted octanol–water partition coefficient (Wildman–Crippen LogP) is 4.20. The summed E-state index contributed by atoms with van der Waals surface area (Å²) >= 11 is 1.17. The average Bonchev–Trinajstić information content (AvgIpc) is 3.24. The van der Waals surface area contributed by atoms with Gasteiger partial charge in [0.15, 0.2) is 5.06 Å². The summed E-state index contributed by atoms with van der Waals surface area (Å²) in [5.74, 6) is 1.15. The molecule has 1 saturated carbocycles. The monoisotopic (exact) mass is 449 g/mol. The molecule has 2 fully saturated rings. The van der Waals surface area contributed by atoms with E-state index >= 15 is 0 Å². The molecule has 6 nitrogen and oxygen atoms in total. The molecule has 4 rings (SSSR count). The number of ether oxygens (including phenoxy) is 1. The highest BCUT2D eigenvalue weighted by molar-refractivity contribution is 7.91. The highest BCUT2D eigenvalue weighted by atomic mass is 32.2. The lowest BCUT2D eigenvalue weighted by atomic mass is 9.85. The Balaban J connectivity index is 1.41. The van der Waals surface area contributed by atoms with Gasteiger partial charge in [0.2, 0.25) is 10.0 Å². The number of nitrogens with one attached hydrogen (secondary N) is 2. The number of nitrogens with zero attached hydrogens (tertiary/aromatic N) is 1. The standard InChI is InChI=1S/C22H31N3O3S2/c1-17(18-6-3-2-4-7-18)24-30(26,27)22-11-10-21(29-22)28-20-9-5-8-19(16-20)25-14-12-23-13-15-25/h5,8-11,16-18,23-24H,2-4,6-7,12-15H2,1H3. The lowest BCUT2D eigenvalue weighted by Gasteiger charge is -2.29. The third-order valence-corrected chi connectivity index (χ3v) is 9.05. The van der Waals surface area contributed by atoms with Gasteiger partial charge in [-0.3, -0.25) is 0 Å². The summed E-state index contributed by atoms with van der Waals surface area (Å²) in [4.78, 5) is 2.32. The minimum atomic E-state index is -3.53. The Morgan fingerprint density at radius 3 is 2.67 bits per heavy atom. The van der Waals surface area contributed by atoms with Gasteiger partial charge >= 0.3 is 0 Å². The number of rotatable bonds is 7. The van der Waals surface area contributed by atoms with Crippen LogP contribution in [0.3, 0.4) is 0 Å². The zero-order valence-electron chi connectivity index (χ0n) is 17.5. The molecule has 0 bridgehead atoms. The van der Waals surface area contributed by atoms with Crippen molar-refractivity contribution in [1.29, 1.82) is 0 Å². The molecule has 2 heterocycles. The lowest BCUT2D eigenvalue weighted by Crippen LogP contribution is -2.43. The van der Waals surface area contributed by atoms with Crippen molar-refractivity contribution in [3.8, 4) is 10.8 Å². The Morgan fingerprint density at radius 2 is 1.90 bits per heavy atom. The molecule has 2 N–H and O–H groups in total. The quantitative estimate of drug-likeness (QED) is 0.663. The van der Waals surface area contributed by atoms with Crippen LogP contribution in [0.25, 0.3) is 0 Å². The van der Waals surface area contributed by atoms with Crippen molar-refractivity contribution in [2.24, 2.45) is 5.92 Å². The van der Waals surface area contributed by atoms with Crippen molar-refractivity contribution < 1.29 is 13.2 Å². The number of piperazine rings is 1. The SMILES string of the molecule is CC(NS(=O)(=O)c1ccc(Oc2cccc(N3CCNCC3)c2)s1)C1CCCCC1. The van der Waals surface area contributed by atoms with Gasteiger partial charge in [-0.2, -0.15) is 0 Å². The first-order valence-corrected chi connectivity index (χ1v) is 13.2. The molecule has 1 atom stereocenters. The van der Waals surface area contributed by atoms with E-state index in [0.717, 1.165) is 50.5 Å². The van der Waals surface area contributed by atoms with Crippen molar-refractivity contribution >= 4 is 27.0 Å². The highest BCUT2D eigenvalue weighted by Crippen LogP contribution is 2.34. The largest absolute Gasteiger partial charge is 0.447 e. The lowest BCUT2D eigenvalue weighted by molar-refractivity contribution is 0.303. The van der Waals surface area contributed by atoms with E-state index in [9.17, 15) is 8.42 Å². The van der Waals surface area contributed by atoms with Crippen molar-refractivity contribution in [3.63, 3.8) is 0 Å². The van der Waals surface area contributed by atoms with Gasteiger partial charge in [0.05, 0.1) is 0 Å². The van der Waals surface area contributed by atoms with Crippen molar-refractivity contribution in [2.45, 2.75) is 49.3 Å². The van der Waals surface area contributed by atoms with E-state index in [2.05, 4.69) is 21.0 Å². The summed E-state index contributed by atoms with van der Waals surface area (Å²) in [5, 5.41) is 3.94. The summed E-state index contributed by atoms with van der Waals surface area (Å²) in [5.41, 5.74) is 1.13. The molecule has 1 aliphatic heterocycles. The summed E-state index contributed by atoms with van der Waals surface area (Å²) in [6, 6.07) is 11.3. The van der Waals surface area contributed by atoms with Crippen LogP contribution >= 0.6 is 11.3 Å². The van der Waals surface area contributed by atoms with E-state index in [4.69, 9.17) is 4.74 Å². The maximum atomic E-state index is 12.8. The Hall–Kier alpha value is -1.61. The zero-order valence-corrected chi connectivity index (χ0v) is 19.1. The molecule has 0 spiro atoms. The molecule has 2 aliphatic rings. The van der Waals surface area contributed by atoms with Gasteiger partial charge in [-0.15, -0.1) is 0 Å². The van der Waals surface area contributed by atoms with Crippen LogP contribution in [0.2, 0.25) is 0 Å². The van der Waals surface area contributed by atoms with E-state index in [1.54, 1.807) is 12.1 Å². The third-order valence-electron chi connectivity index (χ3n) is 6.04. The molecule has 30 heavy (non-hydrogen) atoms. The highest BCUT2D eigenvalue weighted by Gasteiger charge is 2.26. The zero-order chi connectivity index (χ0) is 21.0. The van der Waals surface area contributed by atoms with Crippen LogP contribution in [-0.4, -0.2) is 40.6 Å². The van der Waals surface area contributed by atoms with E-state index < -0.39 is 10.0 Å². The van der Waals surface area contributed by atoms with E-state index in [0.29, 0.717) is 15.2 Å². The number of thiophene rings is 1. The number of benzene rings is 1. The van der Waals surface area contributed by atoms with E-state index in [1.165, 1.54) is 30.6 Å². The second-order valence-corrected chi connectivity index (χ2v) is 11.2. The molecule has 1 unspecified atom stereocenters. The Kier molecular flexibility index (Phi) is 6.98. The third kappa shape index (κ3) is 5.35. The van der Waals surface area contributed by atoms with Crippen LogP contribution in [0.1, 0.15) is 39.0 Å². The molecular weight excluding hydrogens is 418 g/mol. The van der Waals surface area contributed by atoms with E-state index in [-0.39, 0.29) is 6.04 Å². The fourth-order valence-electron chi connectivity index (χ4n) is 4.32. The average molecular weight is 450 g/mol. The van der Waals surface area contributed by atoms with Crippen molar-refractivity contribution in [3.05, 3.63) is 36.4 Å². The summed E-state index contributed by atoms with van der Waals surface area (Å²) < 4.78 is 34.9. The molecule has 8 heteroatoms. The van der Waals surface area contributed by atoms with Gasteiger partial charge in [0, 0.05) is 44.0 Å². The number of hydrogen-bond donors (Lipinski definition) is 2. The number of anilines is 1. The summed E-state index contributed by atoms with van der Waals surface area (Å²) in [6.07, 6.45) is 5.86. The van der Waals surface area contributed by atoms with Crippen LogP contribution in [0.4, 0.5) is 5.69 Å². The van der Waals surface area contributed by atoms with Gasteiger partial charge in [-0.1, -0.05) is 36.7 Å². The minimum absolute atomic E-state index is 0.0440. The Bertz CT molecular complexity index is 933. The maximum Gasteiger partial charge on any atom is 0.250 e. The second-order valence-electron chi connectivity index (χ2n) is 8.22. The van der Waals surface area contributed by atoms with Gasteiger partial charge in [-0.25, -0.2) is 13.1 Å². The van der Waals surface area contributed by atoms with Crippen LogP contribution in [0, 0.1) is 5.92 Å². The number of sulfonamides is 1. The predicted molar refractivity (Wildman–Crippen MR) is 122 cm³/mol. The molecule has 0 amide bonds. The molecule has 164 valence electrons. The first-order valence-electron chi connectivity index (χ1n) is 10.9. The first-order chi connectivity index (χ1) is 14.5. The molecular formula is C22H31N3O3S2. The summed E-state index contributed by atoms with van der Waals surface area (Å²) in [6.45, 7) is 5.87. The first kappa shape index (κ1) is 21.6. The Morgan fingerprint density at radius 1 is 1.13 bits per heavy atom. The maximum absolute atomic E-state index is 12.8. The fourth-order valence-corrected chi connectivity index (χ4v) is 6.80. The van der Waals surface area contributed by atoms with Crippen LogP contribution in [-0.2, 0) is 10.0 Å². The molecule has 2 aromatic rings. The summed E-state index contributed by atoms with van der Waals surface area (Å²) in [7, 11) is -3.53. The minimum Gasteiger partial charge on any atom is -0.447 e. The van der Waals surface area contributed by atoms with Gasteiger partial charge < -0.3 is 15.0 Å². The molecule has 1 saturated heterocycles. The Labute approximate surface area is 183 Å². The van der Waals surface area contributed by atoms with Crippen LogP contribution in [0.15, 0.2) is 40.6 Å². The molecule has 1 aromatic heterocycles. The van der Waals surface area contributed by atoms with Crippen LogP contribution in [0.5, 0.6) is 10.8 Å². The molecule has 1 aliphatic carbocycles. The molecule has 1 aromatic carbocycles. The normalized spacial score (nSPS) is 19.6. The van der Waals surface area contributed by atoms with Crippen molar-refractivity contribution in [1.82, 2.24) is 10.0 Å². The second kappa shape index (κ2) is 9.68. The van der Waals surface area contributed by atoms with Gasteiger partial charge in [-0.05, 0) is 49.9 Å². The van der Waals surface area contributed by atoms with Crippen molar-refractivity contribution in [2.75, 3.05) is 31.1 Å². The van der Waals surface area contributed by atoms with E-state index in [1.807, 2.05) is 25.1 Å². The molecule has 0 radical (unpaired) electrons. The number of hydrogen-bond acceptors (Lipinski definition) is 6. The van der Waals surface area contributed by atoms with Gasteiger partial charge in [0.25, 0.3) is 0 Å². The smallest absolute Gasteiger partial charge is 0.250 e. The fraction of sp³-hybridized carbons (Fsp3) is 0.545.